The van der Waals surface area contributed by atoms with E-state index in [1.165, 1.54) is 0 Å². The number of aliphatic hydroxyl groups is 1. The summed E-state index contributed by atoms with van der Waals surface area (Å²) in [5, 5.41) is 11.3. The molecule has 1 spiro atoms. The Balaban J connectivity index is 1.44. The molecule has 0 radical (unpaired) electrons. The fourth-order valence-corrected chi connectivity index (χ4v) is 4.32. The van der Waals surface area contributed by atoms with E-state index in [-0.39, 0.29) is 23.5 Å². The largest absolute Gasteiger partial charge is 0.392 e. The summed E-state index contributed by atoms with van der Waals surface area (Å²) in [4.78, 5) is 19.1. The number of fused-ring (bicyclic) bond motifs is 1. The van der Waals surface area contributed by atoms with E-state index in [0.29, 0.717) is 38.2 Å². The van der Waals surface area contributed by atoms with Crippen LogP contribution in [-0.2, 0) is 4.74 Å². The van der Waals surface area contributed by atoms with Crippen LogP contribution in [0.3, 0.4) is 0 Å². The van der Waals surface area contributed by atoms with Crippen LogP contribution < -0.4 is 5.73 Å². The Bertz CT molecular complexity index is 802. The highest BCUT2D eigenvalue weighted by Crippen LogP contribution is 2.51. The van der Waals surface area contributed by atoms with E-state index in [2.05, 4.69) is 4.98 Å². The summed E-state index contributed by atoms with van der Waals surface area (Å²) in [6.45, 7) is 2.27. The second kappa shape index (κ2) is 6.95. The molecular formula is C20H25N3O3. The topological polar surface area (TPSA) is 88.7 Å². The number of pyridine rings is 1. The highest BCUT2D eigenvalue weighted by atomic mass is 16.5. The fourth-order valence-electron chi connectivity index (χ4n) is 4.32. The molecule has 1 saturated carbocycles. The van der Waals surface area contributed by atoms with Gasteiger partial charge in [0.25, 0.3) is 5.91 Å². The quantitative estimate of drug-likeness (QED) is 0.869. The molecule has 26 heavy (non-hydrogen) atoms. The molecule has 2 fully saturated rings. The number of benzene rings is 1. The second-order valence-electron chi connectivity index (χ2n) is 7.34. The van der Waals surface area contributed by atoms with E-state index < -0.39 is 0 Å². The molecule has 2 atom stereocenters. The molecule has 1 aromatic carbocycles. The van der Waals surface area contributed by atoms with Crippen LogP contribution in [-0.4, -0.2) is 59.3 Å². The van der Waals surface area contributed by atoms with Gasteiger partial charge in [-0.2, -0.15) is 0 Å². The molecule has 1 saturated heterocycles. The summed E-state index contributed by atoms with van der Waals surface area (Å²) in [6, 6.07) is 9.69. The minimum atomic E-state index is -0.343. The molecule has 3 N–H and O–H groups in total. The lowest BCUT2D eigenvalue weighted by atomic mass is 9.58. The van der Waals surface area contributed by atoms with Crippen molar-refractivity contribution in [2.75, 3.05) is 26.2 Å². The first-order chi connectivity index (χ1) is 12.6. The predicted molar refractivity (Wildman–Crippen MR) is 98.7 cm³/mol. The van der Waals surface area contributed by atoms with Crippen LogP contribution in [0.2, 0.25) is 0 Å². The minimum Gasteiger partial charge on any atom is -0.392 e. The van der Waals surface area contributed by atoms with Crippen LogP contribution in [0.15, 0.2) is 36.5 Å². The van der Waals surface area contributed by atoms with Gasteiger partial charge in [0, 0.05) is 43.1 Å². The molecule has 4 rings (SSSR count). The third kappa shape index (κ3) is 2.88. The van der Waals surface area contributed by atoms with Gasteiger partial charge in [0.05, 0.1) is 29.9 Å². The molecule has 2 unspecified atom stereocenters. The van der Waals surface area contributed by atoms with Crippen molar-refractivity contribution in [3.63, 3.8) is 0 Å². The number of nitrogens with two attached hydrogens (primary N) is 1. The maximum atomic E-state index is 12.9. The van der Waals surface area contributed by atoms with Gasteiger partial charge in [-0.15, -0.1) is 0 Å². The van der Waals surface area contributed by atoms with Crippen LogP contribution in [0.1, 0.15) is 29.6 Å². The zero-order valence-corrected chi connectivity index (χ0v) is 14.8. The van der Waals surface area contributed by atoms with Crippen molar-refractivity contribution in [2.45, 2.75) is 31.5 Å². The predicted octanol–water partition coefficient (Wildman–Crippen LogP) is 1.57. The van der Waals surface area contributed by atoms with Crippen molar-refractivity contribution < 1.29 is 14.6 Å². The van der Waals surface area contributed by atoms with Crippen LogP contribution >= 0.6 is 0 Å². The maximum absolute atomic E-state index is 12.9. The summed E-state index contributed by atoms with van der Waals surface area (Å²) in [7, 11) is 0. The lowest BCUT2D eigenvalue weighted by molar-refractivity contribution is -0.207. The van der Waals surface area contributed by atoms with Crippen molar-refractivity contribution in [1.82, 2.24) is 9.88 Å². The van der Waals surface area contributed by atoms with Gasteiger partial charge in [0.2, 0.25) is 0 Å². The first kappa shape index (κ1) is 17.4. The van der Waals surface area contributed by atoms with E-state index in [9.17, 15) is 9.90 Å². The summed E-state index contributed by atoms with van der Waals surface area (Å²) in [5.41, 5.74) is 6.82. The summed E-state index contributed by atoms with van der Waals surface area (Å²) >= 11 is 0. The maximum Gasteiger partial charge on any atom is 0.255 e. The molecular weight excluding hydrogens is 330 g/mol. The highest BCUT2D eigenvalue weighted by Gasteiger charge is 2.56. The molecule has 2 heterocycles. The van der Waals surface area contributed by atoms with Gasteiger partial charge in [0.15, 0.2) is 0 Å². The van der Waals surface area contributed by atoms with Crippen LogP contribution in [0, 0.1) is 5.41 Å². The SMILES string of the molecule is NCCOC1CC(O)C12CCN(C(=O)c1cnc3ccccc3c1)CC2. The molecule has 2 aliphatic rings. The number of aromatic nitrogens is 1. The van der Waals surface area contributed by atoms with Crippen molar-refractivity contribution in [3.05, 3.63) is 42.1 Å². The molecule has 1 aliphatic carbocycles. The molecule has 6 heteroatoms. The highest BCUT2D eigenvalue weighted by molar-refractivity contribution is 5.97. The van der Waals surface area contributed by atoms with E-state index in [1.807, 2.05) is 35.2 Å². The minimum absolute atomic E-state index is 0.00587. The summed E-state index contributed by atoms with van der Waals surface area (Å²) < 4.78 is 5.82. The Labute approximate surface area is 153 Å². The molecule has 1 aliphatic heterocycles. The number of likely N-dealkylation sites (tertiary alicyclic amines) is 1. The number of aliphatic hydroxyl groups excluding tert-OH is 1. The molecule has 138 valence electrons. The number of ether oxygens (including phenoxy) is 1. The van der Waals surface area contributed by atoms with E-state index in [1.54, 1.807) is 6.20 Å². The van der Waals surface area contributed by atoms with Gasteiger partial charge < -0.3 is 20.5 Å². The standard InChI is InChI=1S/C20H25N3O3/c21-7-10-26-18-12-17(24)20(18)5-8-23(9-6-20)19(25)15-11-14-3-1-2-4-16(14)22-13-15/h1-4,11,13,17-18,24H,5-10,12,21H2. The summed E-state index contributed by atoms with van der Waals surface area (Å²) in [5.74, 6) is 0.00587. The van der Waals surface area contributed by atoms with Crippen LogP contribution in [0.5, 0.6) is 0 Å². The Hall–Kier alpha value is -2.02. The lowest BCUT2D eigenvalue weighted by Crippen LogP contribution is -2.62. The van der Waals surface area contributed by atoms with Gasteiger partial charge in [-0.1, -0.05) is 18.2 Å². The van der Waals surface area contributed by atoms with E-state index in [0.717, 1.165) is 23.7 Å². The number of piperidine rings is 1. The normalized spacial score (nSPS) is 24.6. The number of hydrogen-bond donors (Lipinski definition) is 2. The van der Waals surface area contributed by atoms with Gasteiger partial charge >= 0.3 is 0 Å². The number of rotatable bonds is 4. The average molecular weight is 355 g/mol. The van der Waals surface area contributed by atoms with Crippen LogP contribution in [0.25, 0.3) is 10.9 Å². The number of para-hydroxylation sites is 1. The third-order valence-corrected chi connectivity index (χ3v) is 6.00. The number of hydrogen-bond acceptors (Lipinski definition) is 5. The monoisotopic (exact) mass is 355 g/mol. The molecule has 1 aromatic heterocycles. The number of carbonyl (C=O) groups excluding carboxylic acids is 1. The van der Waals surface area contributed by atoms with Crippen molar-refractivity contribution in [2.24, 2.45) is 11.1 Å². The molecule has 2 aromatic rings. The fraction of sp³-hybridized carbons (Fsp3) is 0.500. The lowest BCUT2D eigenvalue weighted by Gasteiger charge is -2.56. The Kier molecular flexibility index (Phi) is 4.65. The third-order valence-electron chi connectivity index (χ3n) is 6.00. The second-order valence-corrected chi connectivity index (χ2v) is 7.34. The molecule has 0 bridgehead atoms. The van der Waals surface area contributed by atoms with Gasteiger partial charge in [-0.3, -0.25) is 9.78 Å². The van der Waals surface area contributed by atoms with E-state index in [4.69, 9.17) is 10.5 Å². The van der Waals surface area contributed by atoms with Gasteiger partial charge in [-0.25, -0.2) is 0 Å². The average Bonchev–Trinajstić information content (AvgIpc) is 2.70. The number of nitrogens with zero attached hydrogens (tertiary/aromatic N) is 2. The zero-order valence-electron chi connectivity index (χ0n) is 14.8. The number of carbonyl (C=O) groups is 1. The Morgan fingerprint density at radius 2 is 2.12 bits per heavy atom. The Morgan fingerprint density at radius 1 is 1.35 bits per heavy atom. The van der Waals surface area contributed by atoms with Crippen molar-refractivity contribution in [3.8, 4) is 0 Å². The van der Waals surface area contributed by atoms with Crippen LogP contribution in [0.4, 0.5) is 0 Å². The van der Waals surface area contributed by atoms with Crippen molar-refractivity contribution in [1.29, 1.82) is 0 Å². The van der Waals surface area contributed by atoms with Gasteiger partial charge in [-0.05, 0) is 25.0 Å². The van der Waals surface area contributed by atoms with Gasteiger partial charge in [0.1, 0.15) is 0 Å². The summed E-state index contributed by atoms with van der Waals surface area (Å²) in [6.07, 6.45) is 3.56. The Morgan fingerprint density at radius 3 is 2.85 bits per heavy atom. The number of amides is 1. The molecule has 1 amide bonds. The first-order valence-electron chi connectivity index (χ1n) is 9.28. The smallest absolute Gasteiger partial charge is 0.255 e. The zero-order chi connectivity index (χ0) is 18.1. The first-order valence-corrected chi connectivity index (χ1v) is 9.28. The van der Waals surface area contributed by atoms with E-state index >= 15 is 0 Å². The van der Waals surface area contributed by atoms with Crippen molar-refractivity contribution >= 4 is 16.8 Å². The molecule has 6 nitrogen and oxygen atoms in total.